The molecule has 4 rings (SSSR count). The van der Waals surface area contributed by atoms with Crippen molar-refractivity contribution in [2.75, 3.05) is 18.4 Å². The molecule has 1 spiro atoms. The van der Waals surface area contributed by atoms with Crippen LogP contribution in [0.2, 0.25) is 0 Å². The summed E-state index contributed by atoms with van der Waals surface area (Å²) in [6.07, 6.45) is 3.28. The van der Waals surface area contributed by atoms with Crippen LogP contribution < -0.4 is 10.6 Å². The Bertz CT molecular complexity index is 716. The van der Waals surface area contributed by atoms with Crippen LogP contribution in [0, 0.1) is 18.3 Å². The molecule has 1 atom stereocenters. The van der Waals surface area contributed by atoms with Gasteiger partial charge < -0.3 is 10.6 Å². The van der Waals surface area contributed by atoms with Gasteiger partial charge in [0, 0.05) is 16.9 Å². The molecule has 120 valence electrons. The van der Waals surface area contributed by atoms with Crippen LogP contribution in [0.5, 0.6) is 0 Å². The molecule has 0 radical (unpaired) electrons. The topological polar surface area (TPSA) is 54.0 Å². The van der Waals surface area contributed by atoms with E-state index >= 15 is 0 Å². The van der Waals surface area contributed by atoms with Crippen LogP contribution in [-0.2, 0) is 4.79 Å². The maximum atomic E-state index is 12.5. The van der Waals surface area contributed by atoms with Crippen molar-refractivity contribution < 1.29 is 4.79 Å². The number of anilines is 1. The summed E-state index contributed by atoms with van der Waals surface area (Å²) >= 11 is 1.50. The lowest BCUT2D eigenvalue weighted by atomic mass is 9.92. The average molecular weight is 327 g/mol. The molecule has 2 N–H and O–H groups in total. The van der Waals surface area contributed by atoms with Gasteiger partial charge in [0.1, 0.15) is 0 Å². The molecule has 0 bridgehead atoms. The van der Waals surface area contributed by atoms with Gasteiger partial charge in [-0.3, -0.25) is 4.79 Å². The largest absolute Gasteiger partial charge is 0.317 e. The van der Waals surface area contributed by atoms with Crippen LogP contribution in [0.1, 0.15) is 24.8 Å². The highest BCUT2D eigenvalue weighted by molar-refractivity contribution is 7.14. The van der Waals surface area contributed by atoms with Crippen molar-refractivity contribution in [2.24, 2.45) is 11.3 Å². The predicted molar refractivity (Wildman–Crippen MR) is 93.6 cm³/mol. The molecule has 5 heteroatoms. The van der Waals surface area contributed by atoms with Gasteiger partial charge in [-0.05, 0) is 44.7 Å². The fourth-order valence-electron chi connectivity index (χ4n) is 3.58. The average Bonchev–Trinajstić information content (AvgIpc) is 3.04. The van der Waals surface area contributed by atoms with Gasteiger partial charge in [-0.15, -0.1) is 11.3 Å². The Kier molecular flexibility index (Phi) is 3.70. The molecule has 1 aromatic heterocycles. The fourth-order valence-corrected chi connectivity index (χ4v) is 4.30. The lowest BCUT2D eigenvalue weighted by Gasteiger charge is -2.22. The van der Waals surface area contributed by atoms with Crippen LogP contribution >= 0.6 is 11.3 Å². The summed E-state index contributed by atoms with van der Waals surface area (Å²) in [6, 6.07) is 8.30. The molecule has 2 aromatic rings. The highest BCUT2D eigenvalue weighted by atomic mass is 32.1. The van der Waals surface area contributed by atoms with E-state index in [4.69, 9.17) is 0 Å². The van der Waals surface area contributed by atoms with E-state index in [1.165, 1.54) is 16.9 Å². The van der Waals surface area contributed by atoms with Gasteiger partial charge in [0.15, 0.2) is 5.13 Å². The number of nitrogens with zero attached hydrogens (tertiary/aromatic N) is 1. The van der Waals surface area contributed by atoms with Crippen molar-refractivity contribution >= 4 is 22.4 Å². The Morgan fingerprint density at radius 2 is 2.04 bits per heavy atom. The number of carbonyl (C=O) groups is 1. The van der Waals surface area contributed by atoms with Gasteiger partial charge in [0.05, 0.1) is 5.69 Å². The zero-order valence-corrected chi connectivity index (χ0v) is 14.1. The van der Waals surface area contributed by atoms with Gasteiger partial charge in [-0.1, -0.05) is 29.8 Å². The molecule has 2 heterocycles. The van der Waals surface area contributed by atoms with Crippen LogP contribution in [0.25, 0.3) is 11.3 Å². The standard InChI is InChI=1S/C18H21N3OS/c1-12-2-4-13(5-3-12)15-11-23-17(20-15)21-16(22)14-10-18(14)6-8-19-9-7-18/h2-5,11,14,19H,6-10H2,1H3,(H,20,21,22). The van der Waals surface area contributed by atoms with Crippen molar-refractivity contribution in [3.8, 4) is 11.3 Å². The maximum Gasteiger partial charge on any atom is 0.229 e. The molecule has 1 aliphatic carbocycles. The van der Waals surface area contributed by atoms with Crippen LogP contribution in [0.4, 0.5) is 5.13 Å². The van der Waals surface area contributed by atoms with E-state index in [2.05, 4.69) is 46.8 Å². The molecular weight excluding hydrogens is 306 g/mol. The minimum atomic E-state index is 0.150. The third-order valence-electron chi connectivity index (χ3n) is 5.19. The first-order valence-electron chi connectivity index (χ1n) is 8.20. The van der Waals surface area contributed by atoms with E-state index in [1.807, 2.05) is 5.38 Å². The molecule has 1 aromatic carbocycles. The van der Waals surface area contributed by atoms with E-state index in [0.717, 1.165) is 43.6 Å². The number of aromatic nitrogens is 1. The second kappa shape index (κ2) is 5.73. The molecular formula is C18H21N3OS. The number of thiazole rings is 1. The molecule has 2 aliphatic rings. The van der Waals surface area contributed by atoms with Crippen molar-refractivity contribution in [1.29, 1.82) is 0 Å². The van der Waals surface area contributed by atoms with Crippen molar-refractivity contribution in [2.45, 2.75) is 26.2 Å². The summed E-state index contributed by atoms with van der Waals surface area (Å²) in [6.45, 7) is 4.15. The van der Waals surface area contributed by atoms with Crippen molar-refractivity contribution in [3.05, 3.63) is 35.2 Å². The zero-order chi connectivity index (χ0) is 15.9. The molecule has 1 amide bonds. The summed E-state index contributed by atoms with van der Waals surface area (Å²) in [7, 11) is 0. The Morgan fingerprint density at radius 1 is 1.30 bits per heavy atom. The highest BCUT2D eigenvalue weighted by Crippen LogP contribution is 2.58. The van der Waals surface area contributed by atoms with E-state index in [-0.39, 0.29) is 17.2 Å². The molecule has 4 nitrogen and oxygen atoms in total. The molecule has 1 aliphatic heterocycles. The van der Waals surface area contributed by atoms with E-state index in [1.54, 1.807) is 0 Å². The summed E-state index contributed by atoms with van der Waals surface area (Å²) < 4.78 is 0. The maximum absolute atomic E-state index is 12.5. The summed E-state index contributed by atoms with van der Waals surface area (Å²) in [4.78, 5) is 17.0. The Balaban J connectivity index is 1.42. The van der Waals surface area contributed by atoms with Crippen LogP contribution in [-0.4, -0.2) is 24.0 Å². The first-order chi connectivity index (χ1) is 11.2. The zero-order valence-electron chi connectivity index (χ0n) is 13.3. The predicted octanol–water partition coefficient (Wildman–Crippen LogP) is 3.45. The Labute approximate surface area is 140 Å². The van der Waals surface area contributed by atoms with Crippen molar-refractivity contribution in [1.82, 2.24) is 10.3 Å². The van der Waals surface area contributed by atoms with Gasteiger partial charge in [0.2, 0.25) is 5.91 Å². The number of hydrogen-bond donors (Lipinski definition) is 2. The molecule has 23 heavy (non-hydrogen) atoms. The molecule has 1 unspecified atom stereocenters. The SMILES string of the molecule is Cc1ccc(-c2csc(NC(=O)C3CC34CCNCC4)n2)cc1. The smallest absolute Gasteiger partial charge is 0.229 e. The molecule has 1 saturated heterocycles. The second-order valence-electron chi connectivity index (χ2n) is 6.76. The van der Waals surface area contributed by atoms with Gasteiger partial charge in [-0.2, -0.15) is 0 Å². The van der Waals surface area contributed by atoms with Gasteiger partial charge >= 0.3 is 0 Å². The number of hydrogen-bond acceptors (Lipinski definition) is 4. The number of rotatable bonds is 3. The fraction of sp³-hybridized carbons (Fsp3) is 0.444. The van der Waals surface area contributed by atoms with E-state index in [9.17, 15) is 4.79 Å². The lowest BCUT2D eigenvalue weighted by Crippen LogP contribution is -2.31. The Hall–Kier alpha value is -1.72. The van der Waals surface area contributed by atoms with Crippen molar-refractivity contribution in [3.63, 3.8) is 0 Å². The number of carbonyl (C=O) groups excluding carboxylic acids is 1. The number of nitrogens with one attached hydrogen (secondary N) is 2. The van der Waals surface area contributed by atoms with Gasteiger partial charge in [0.25, 0.3) is 0 Å². The molecule has 2 fully saturated rings. The molecule has 1 saturated carbocycles. The van der Waals surface area contributed by atoms with E-state index < -0.39 is 0 Å². The third kappa shape index (κ3) is 2.91. The quantitative estimate of drug-likeness (QED) is 0.908. The monoisotopic (exact) mass is 327 g/mol. The highest BCUT2D eigenvalue weighted by Gasteiger charge is 2.57. The number of piperidine rings is 1. The number of amides is 1. The second-order valence-corrected chi connectivity index (χ2v) is 7.62. The van der Waals surface area contributed by atoms with Crippen LogP contribution in [0.3, 0.4) is 0 Å². The summed E-state index contributed by atoms with van der Waals surface area (Å²) in [5.41, 5.74) is 3.52. The van der Waals surface area contributed by atoms with Gasteiger partial charge in [-0.25, -0.2) is 4.98 Å². The number of benzene rings is 1. The minimum Gasteiger partial charge on any atom is -0.317 e. The first kappa shape index (κ1) is 14.8. The summed E-state index contributed by atoms with van der Waals surface area (Å²) in [5, 5.41) is 9.12. The number of aryl methyl sites for hydroxylation is 1. The normalized spacial score (nSPS) is 22.0. The Morgan fingerprint density at radius 3 is 2.78 bits per heavy atom. The first-order valence-corrected chi connectivity index (χ1v) is 9.08. The van der Waals surface area contributed by atoms with Crippen LogP contribution in [0.15, 0.2) is 29.6 Å². The lowest BCUT2D eigenvalue weighted by molar-refractivity contribution is -0.118. The minimum absolute atomic E-state index is 0.150. The summed E-state index contributed by atoms with van der Waals surface area (Å²) in [5.74, 6) is 0.327. The van der Waals surface area contributed by atoms with E-state index in [0.29, 0.717) is 5.13 Å². The third-order valence-corrected chi connectivity index (χ3v) is 5.94.